The minimum absolute atomic E-state index is 0.228. The molecule has 1 N–H and O–H groups in total. The predicted octanol–water partition coefficient (Wildman–Crippen LogP) is 4.97. The van der Waals surface area contributed by atoms with Crippen LogP contribution in [0.1, 0.15) is 23.1 Å². The normalized spacial score (nSPS) is 12.5. The summed E-state index contributed by atoms with van der Waals surface area (Å²) in [5, 5.41) is 12.7. The van der Waals surface area contributed by atoms with Crippen molar-refractivity contribution in [1.82, 2.24) is 14.5 Å². The number of aliphatic hydroxyl groups is 1. The van der Waals surface area contributed by atoms with Gasteiger partial charge in [-0.25, -0.2) is 4.98 Å². The molecule has 0 bridgehead atoms. The summed E-state index contributed by atoms with van der Waals surface area (Å²) < 4.78 is 13.3. The lowest BCUT2D eigenvalue weighted by atomic mass is 10.1. The van der Waals surface area contributed by atoms with Gasteiger partial charge >= 0.3 is 0 Å². The molecular weight excluding hydrogens is 402 g/mol. The first-order valence-electron chi connectivity index (χ1n) is 9.42. The number of fused-ring (bicyclic) bond motifs is 2. The first-order chi connectivity index (χ1) is 14.6. The Morgan fingerprint density at radius 1 is 1.17 bits per heavy atom. The van der Waals surface area contributed by atoms with Crippen molar-refractivity contribution in [2.75, 3.05) is 7.11 Å². The highest BCUT2D eigenvalue weighted by molar-refractivity contribution is 6.30. The summed E-state index contributed by atoms with van der Waals surface area (Å²) in [4.78, 5) is 8.46. The van der Waals surface area contributed by atoms with Crippen LogP contribution >= 0.6 is 11.6 Å². The van der Waals surface area contributed by atoms with E-state index in [0.717, 1.165) is 16.5 Å². The van der Waals surface area contributed by atoms with Crippen molar-refractivity contribution in [1.29, 1.82) is 0 Å². The molecule has 0 saturated carbocycles. The average molecular weight is 420 g/mol. The van der Waals surface area contributed by atoms with Crippen molar-refractivity contribution in [3.8, 4) is 5.75 Å². The van der Waals surface area contributed by atoms with Crippen LogP contribution in [0.25, 0.3) is 22.0 Å². The molecule has 3 aromatic heterocycles. The van der Waals surface area contributed by atoms with Crippen molar-refractivity contribution >= 4 is 33.6 Å². The SMILES string of the molecule is COc1ccc2c(c1)c(C(O)c1nc3cnccc3o1)cn2Cc1ccc(Cl)cc1. The monoisotopic (exact) mass is 419 g/mol. The molecule has 7 heteroatoms. The lowest BCUT2D eigenvalue weighted by Crippen LogP contribution is -2.00. The van der Waals surface area contributed by atoms with Crippen LogP contribution in [-0.4, -0.2) is 26.8 Å². The number of oxazole rings is 1. The van der Waals surface area contributed by atoms with Gasteiger partial charge in [0.2, 0.25) is 5.89 Å². The van der Waals surface area contributed by atoms with Crippen LogP contribution in [-0.2, 0) is 6.54 Å². The summed E-state index contributed by atoms with van der Waals surface area (Å²) in [5.74, 6) is 0.938. The quantitative estimate of drug-likeness (QED) is 0.435. The zero-order chi connectivity index (χ0) is 20.7. The number of methoxy groups -OCH3 is 1. The van der Waals surface area contributed by atoms with E-state index in [1.54, 1.807) is 25.6 Å². The third kappa shape index (κ3) is 3.30. The van der Waals surface area contributed by atoms with Gasteiger partial charge in [-0.05, 0) is 35.9 Å². The topological polar surface area (TPSA) is 73.3 Å². The number of ether oxygens (including phenoxy) is 1. The Hall–Kier alpha value is -3.35. The Morgan fingerprint density at radius 2 is 2.00 bits per heavy atom. The number of hydrogen-bond donors (Lipinski definition) is 1. The maximum atomic E-state index is 11.1. The van der Waals surface area contributed by atoms with Crippen LogP contribution in [0.3, 0.4) is 0 Å². The number of aliphatic hydroxyl groups excluding tert-OH is 1. The summed E-state index contributed by atoms with van der Waals surface area (Å²) >= 11 is 6.01. The number of aromatic nitrogens is 3. The van der Waals surface area contributed by atoms with Crippen molar-refractivity contribution in [2.24, 2.45) is 0 Å². The smallest absolute Gasteiger partial charge is 0.229 e. The molecule has 2 aromatic carbocycles. The second-order valence-corrected chi connectivity index (χ2v) is 7.46. The highest BCUT2D eigenvalue weighted by Crippen LogP contribution is 2.34. The molecule has 0 saturated heterocycles. The molecule has 0 aliphatic heterocycles. The van der Waals surface area contributed by atoms with Gasteiger partial charge < -0.3 is 18.8 Å². The molecule has 150 valence electrons. The van der Waals surface area contributed by atoms with E-state index in [-0.39, 0.29) is 5.89 Å². The molecule has 0 aliphatic rings. The second kappa shape index (κ2) is 7.48. The van der Waals surface area contributed by atoms with Gasteiger partial charge in [0, 0.05) is 46.5 Å². The second-order valence-electron chi connectivity index (χ2n) is 7.02. The van der Waals surface area contributed by atoms with E-state index in [4.69, 9.17) is 20.8 Å². The molecule has 6 nitrogen and oxygen atoms in total. The molecule has 5 aromatic rings. The van der Waals surface area contributed by atoms with Gasteiger partial charge in [0.1, 0.15) is 11.3 Å². The lowest BCUT2D eigenvalue weighted by molar-refractivity contribution is 0.187. The largest absolute Gasteiger partial charge is 0.497 e. The maximum absolute atomic E-state index is 11.1. The lowest BCUT2D eigenvalue weighted by Gasteiger charge is -2.06. The van der Waals surface area contributed by atoms with Gasteiger partial charge in [0.25, 0.3) is 0 Å². The fraction of sp³-hybridized carbons (Fsp3) is 0.130. The number of halogens is 1. The van der Waals surface area contributed by atoms with Crippen molar-refractivity contribution in [3.05, 3.63) is 89.2 Å². The number of benzene rings is 2. The van der Waals surface area contributed by atoms with E-state index < -0.39 is 6.10 Å². The van der Waals surface area contributed by atoms with Crippen LogP contribution in [0, 0.1) is 0 Å². The van der Waals surface area contributed by atoms with Gasteiger partial charge in [-0.15, -0.1) is 0 Å². The maximum Gasteiger partial charge on any atom is 0.229 e. The Bertz CT molecular complexity index is 1310. The van der Waals surface area contributed by atoms with Gasteiger partial charge in [0.05, 0.1) is 13.3 Å². The molecule has 0 radical (unpaired) electrons. The first-order valence-corrected chi connectivity index (χ1v) is 9.80. The molecule has 30 heavy (non-hydrogen) atoms. The van der Waals surface area contributed by atoms with E-state index in [9.17, 15) is 5.11 Å². The third-order valence-electron chi connectivity index (χ3n) is 5.12. The van der Waals surface area contributed by atoms with Crippen LogP contribution in [0.2, 0.25) is 5.02 Å². The molecule has 3 heterocycles. The zero-order valence-corrected chi connectivity index (χ0v) is 16.9. The molecule has 1 atom stereocenters. The molecule has 0 spiro atoms. The Labute approximate surface area is 177 Å². The number of rotatable bonds is 5. The fourth-order valence-corrected chi connectivity index (χ4v) is 3.74. The Balaban J connectivity index is 1.61. The summed E-state index contributed by atoms with van der Waals surface area (Å²) in [6.07, 6.45) is 4.14. The minimum atomic E-state index is -1.03. The highest BCUT2D eigenvalue weighted by Gasteiger charge is 2.23. The molecule has 0 fully saturated rings. The first kappa shape index (κ1) is 18.7. The van der Waals surface area contributed by atoms with E-state index in [0.29, 0.717) is 34.0 Å². The number of hydrogen-bond acceptors (Lipinski definition) is 5. The molecule has 0 amide bonds. The van der Waals surface area contributed by atoms with E-state index in [1.165, 1.54) is 0 Å². The zero-order valence-electron chi connectivity index (χ0n) is 16.1. The Morgan fingerprint density at radius 3 is 2.77 bits per heavy atom. The number of pyridine rings is 1. The summed E-state index contributed by atoms with van der Waals surface area (Å²) in [6.45, 7) is 0.629. The van der Waals surface area contributed by atoms with Crippen molar-refractivity contribution in [2.45, 2.75) is 12.6 Å². The van der Waals surface area contributed by atoms with Crippen LogP contribution < -0.4 is 4.74 Å². The summed E-state index contributed by atoms with van der Waals surface area (Å²) in [6, 6.07) is 15.2. The van der Waals surface area contributed by atoms with Gasteiger partial charge in [-0.1, -0.05) is 23.7 Å². The van der Waals surface area contributed by atoms with Crippen molar-refractivity contribution in [3.63, 3.8) is 0 Å². The molecule has 1 unspecified atom stereocenters. The standard InChI is InChI=1S/C23H18ClN3O3/c1-29-16-6-7-20-17(10-16)18(13-27(20)12-14-2-4-15(24)5-3-14)22(28)23-26-19-11-25-9-8-21(19)30-23/h2-11,13,22,28H,12H2,1H3. The summed E-state index contributed by atoms with van der Waals surface area (Å²) in [5.41, 5.74) is 3.95. The van der Waals surface area contributed by atoms with Crippen LogP contribution in [0.5, 0.6) is 5.75 Å². The molecule has 5 rings (SSSR count). The summed E-state index contributed by atoms with van der Waals surface area (Å²) in [7, 11) is 1.62. The Kier molecular flexibility index (Phi) is 4.65. The van der Waals surface area contributed by atoms with Crippen LogP contribution in [0.15, 0.2) is 71.5 Å². The highest BCUT2D eigenvalue weighted by atomic mass is 35.5. The van der Waals surface area contributed by atoms with Crippen molar-refractivity contribution < 1.29 is 14.3 Å². The van der Waals surface area contributed by atoms with E-state index >= 15 is 0 Å². The fourth-order valence-electron chi connectivity index (χ4n) is 3.61. The van der Waals surface area contributed by atoms with Crippen LogP contribution in [0.4, 0.5) is 0 Å². The molecular formula is C23H18ClN3O3. The molecule has 0 aliphatic carbocycles. The van der Waals surface area contributed by atoms with Gasteiger partial charge in [-0.3, -0.25) is 4.98 Å². The number of nitrogens with zero attached hydrogens (tertiary/aromatic N) is 3. The van der Waals surface area contributed by atoms with E-state index in [1.807, 2.05) is 48.7 Å². The van der Waals surface area contributed by atoms with Gasteiger partial charge in [0.15, 0.2) is 11.7 Å². The van der Waals surface area contributed by atoms with E-state index in [2.05, 4.69) is 14.5 Å². The average Bonchev–Trinajstić information content (AvgIpc) is 3.36. The predicted molar refractivity (Wildman–Crippen MR) is 115 cm³/mol. The minimum Gasteiger partial charge on any atom is -0.497 e. The van der Waals surface area contributed by atoms with Gasteiger partial charge in [-0.2, -0.15) is 0 Å². The third-order valence-corrected chi connectivity index (χ3v) is 5.37.